The zero-order valence-electron chi connectivity index (χ0n) is 15.2. The van der Waals surface area contributed by atoms with Crippen LogP contribution in [-0.2, 0) is 10.0 Å². The Morgan fingerprint density at radius 1 is 1.15 bits per heavy atom. The van der Waals surface area contributed by atoms with E-state index in [9.17, 15) is 8.42 Å². The molecule has 0 aliphatic rings. The van der Waals surface area contributed by atoms with Gasteiger partial charge in [0.15, 0.2) is 5.58 Å². The summed E-state index contributed by atoms with van der Waals surface area (Å²) in [6.07, 6.45) is 2.52. The van der Waals surface area contributed by atoms with E-state index in [2.05, 4.69) is 5.32 Å². The van der Waals surface area contributed by atoms with Gasteiger partial charge in [-0.05, 0) is 50.3 Å². The summed E-state index contributed by atoms with van der Waals surface area (Å²) < 4.78 is 32.1. The number of fused-ring (bicyclic) bond motifs is 1. The van der Waals surface area contributed by atoms with E-state index in [1.807, 2.05) is 19.0 Å². The first-order valence-corrected chi connectivity index (χ1v) is 10.4. The Morgan fingerprint density at radius 3 is 2.59 bits per heavy atom. The van der Waals surface area contributed by atoms with Crippen molar-refractivity contribution in [2.45, 2.75) is 11.3 Å². The van der Waals surface area contributed by atoms with Gasteiger partial charge in [0.2, 0.25) is 0 Å². The third kappa shape index (κ3) is 4.05. The van der Waals surface area contributed by atoms with E-state index in [4.69, 9.17) is 16.2 Å². The van der Waals surface area contributed by atoms with Gasteiger partial charge in [-0.3, -0.25) is 0 Å². The summed E-state index contributed by atoms with van der Waals surface area (Å²) in [5.74, 6) is 0. The molecular weight excluding hydrogens is 386 g/mol. The summed E-state index contributed by atoms with van der Waals surface area (Å²) in [6, 6.07) is 13.4. The first-order valence-electron chi connectivity index (χ1n) is 8.58. The van der Waals surface area contributed by atoms with Crippen LogP contribution in [0.25, 0.3) is 11.0 Å². The van der Waals surface area contributed by atoms with Crippen LogP contribution < -0.4 is 14.0 Å². The normalized spacial score (nSPS) is 11.7. The number of furan rings is 1. The van der Waals surface area contributed by atoms with Crippen LogP contribution >= 0.6 is 11.8 Å². The molecule has 27 heavy (non-hydrogen) atoms. The molecule has 8 heteroatoms. The average molecular weight is 408 g/mol. The van der Waals surface area contributed by atoms with Gasteiger partial charge in [0.05, 0.1) is 22.5 Å². The molecule has 3 aromatic rings. The van der Waals surface area contributed by atoms with Crippen LogP contribution in [0.3, 0.4) is 0 Å². The number of sulfonamides is 1. The molecular formula is C19H22ClN3O3S. The zero-order chi connectivity index (χ0) is 19.4. The van der Waals surface area contributed by atoms with Gasteiger partial charge in [-0.2, -0.15) is 12.2 Å². The van der Waals surface area contributed by atoms with Gasteiger partial charge < -0.3 is 14.6 Å². The molecule has 0 saturated carbocycles. The highest BCUT2D eigenvalue weighted by atomic mass is 35.5. The molecule has 6 nitrogen and oxygen atoms in total. The van der Waals surface area contributed by atoms with Gasteiger partial charge >= 0.3 is 0 Å². The van der Waals surface area contributed by atoms with Crippen molar-refractivity contribution in [2.75, 3.05) is 35.9 Å². The van der Waals surface area contributed by atoms with Crippen molar-refractivity contribution in [1.29, 1.82) is 0 Å². The monoisotopic (exact) mass is 407 g/mol. The maximum Gasteiger partial charge on any atom is 0.278 e. The van der Waals surface area contributed by atoms with Crippen molar-refractivity contribution in [2.24, 2.45) is 0 Å². The fourth-order valence-corrected chi connectivity index (χ4v) is 4.28. The fourth-order valence-electron chi connectivity index (χ4n) is 2.87. The predicted octanol–water partition coefficient (Wildman–Crippen LogP) is 3.83. The molecule has 1 aromatic heterocycles. The Bertz CT molecular complexity index is 1010. The number of nitrogens with zero attached hydrogens (tertiary/aromatic N) is 2. The molecule has 144 valence electrons. The molecule has 0 aliphatic heterocycles. The summed E-state index contributed by atoms with van der Waals surface area (Å²) >= 11 is 6.29. The van der Waals surface area contributed by atoms with E-state index in [0.717, 1.165) is 34.4 Å². The van der Waals surface area contributed by atoms with Gasteiger partial charge in [0.1, 0.15) is 0 Å². The van der Waals surface area contributed by atoms with Crippen molar-refractivity contribution in [1.82, 2.24) is 5.32 Å². The lowest BCUT2D eigenvalue weighted by molar-refractivity contribution is 0.598. The highest BCUT2D eigenvalue weighted by Gasteiger charge is 2.25. The Labute approximate surface area is 164 Å². The van der Waals surface area contributed by atoms with Crippen LogP contribution in [0.15, 0.2) is 64.1 Å². The fraction of sp³-hybridized carbons (Fsp3) is 0.263. The third-order valence-electron chi connectivity index (χ3n) is 4.30. The van der Waals surface area contributed by atoms with Gasteiger partial charge in [-0.1, -0.05) is 18.2 Å². The number of halogens is 1. The van der Waals surface area contributed by atoms with Crippen molar-refractivity contribution in [3.05, 3.63) is 54.8 Å². The summed E-state index contributed by atoms with van der Waals surface area (Å²) in [4.78, 5) is 2.17. The van der Waals surface area contributed by atoms with Crippen LogP contribution in [0.5, 0.6) is 0 Å². The topological polar surface area (TPSA) is 65.8 Å². The molecule has 0 bridgehead atoms. The van der Waals surface area contributed by atoms with Crippen molar-refractivity contribution < 1.29 is 12.8 Å². The Kier molecular flexibility index (Phi) is 5.94. The van der Waals surface area contributed by atoms with Crippen molar-refractivity contribution in [3.8, 4) is 0 Å². The number of hydrogen-bond donors (Lipinski definition) is 1. The second-order valence-electron chi connectivity index (χ2n) is 6.22. The molecule has 0 amide bonds. The smallest absolute Gasteiger partial charge is 0.278 e. The minimum atomic E-state index is -3.87. The van der Waals surface area contributed by atoms with E-state index < -0.39 is 10.0 Å². The molecule has 2 aromatic carbocycles. The lowest BCUT2D eigenvalue weighted by atomic mass is 10.2. The Balaban J connectivity index is 2.00. The highest BCUT2D eigenvalue weighted by Crippen LogP contribution is 2.35. The van der Waals surface area contributed by atoms with E-state index in [0.29, 0.717) is 11.3 Å². The summed E-state index contributed by atoms with van der Waals surface area (Å²) in [5, 5.41) is 3.90. The first kappa shape index (κ1) is 19.5. The predicted molar refractivity (Wildman–Crippen MR) is 110 cm³/mol. The summed E-state index contributed by atoms with van der Waals surface area (Å²) in [7, 11) is -0.0141. The SMILES string of the molecule is CNCCCN(C)c1cc(N(Cl)S(=O)(=O)c2ccccc2)cc2ccoc12. The maximum absolute atomic E-state index is 12.8. The lowest BCUT2D eigenvalue weighted by Gasteiger charge is -2.22. The molecule has 0 aliphatic carbocycles. The first-order chi connectivity index (χ1) is 12.9. The second-order valence-corrected chi connectivity index (χ2v) is 8.54. The standard InChI is InChI=1S/C19H22ClN3O3S/c1-21-10-6-11-22(2)18-14-16(13-15-9-12-26-19(15)18)23(20)27(24,25)17-7-4-3-5-8-17/h3-5,7-9,12-14,21H,6,10-11H2,1-2H3. The molecule has 1 N–H and O–H groups in total. The molecule has 0 atom stereocenters. The summed E-state index contributed by atoms with van der Waals surface area (Å²) in [5.41, 5.74) is 1.86. The number of hydrogen-bond acceptors (Lipinski definition) is 5. The number of rotatable bonds is 8. The van der Waals surface area contributed by atoms with E-state index in [-0.39, 0.29) is 4.90 Å². The van der Waals surface area contributed by atoms with Crippen LogP contribution in [0.1, 0.15) is 6.42 Å². The quantitative estimate of drug-likeness (QED) is 0.454. The van der Waals surface area contributed by atoms with Gasteiger partial charge in [0.25, 0.3) is 10.0 Å². The molecule has 0 unspecified atom stereocenters. The van der Waals surface area contributed by atoms with Gasteiger partial charge in [0, 0.05) is 30.8 Å². The van der Waals surface area contributed by atoms with E-state index >= 15 is 0 Å². The van der Waals surface area contributed by atoms with Crippen LogP contribution in [0.4, 0.5) is 11.4 Å². The minimum Gasteiger partial charge on any atom is -0.462 e. The highest BCUT2D eigenvalue weighted by molar-refractivity contribution is 7.94. The largest absolute Gasteiger partial charge is 0.462 e. The maximum atomic E-state index is 12.8. The van der Waals surface area contributed by atoms with Crippen LogP contribution in [-0.4, -0.2) is 35.6 Å². The molecule has 0 fully saturated rings. The van der Waals surface area contributed by atoms with Gasteiger partial charge in [-0.25, -0.2) is 0 Å². The Hall–Kier alpha value is -2.22. The van der Waals surface area contributed by atoms with Crippen LogP contribution in [0.2, 0.25) is 0 Å². The van der Waals surface area contributed by atoms with E-state index in [1.165, 1.54) is 12.1 Å². The Morgan fingerprint density at radius 2 is 1.89 bits per heavy atom. The van der Waals surface area contributed by atoms with Crippen LogP contribution in [0, 0.1) is 0 Å². The average Bonchev–Trinajstić information content (AvgIpc) is 3.16. The van der Waals surface area contributed by atoms with E-state index in [1.54, 1.807) is 42.7 Å². The molecule has 0 radical (unpaired) electrons. The number of nitrogens with one attached hydrogen (secondary N) is 1. The van der Waals surface area contributed by atoms with Crippen molar-refractivity contribution in [3.63, 3.8) is 0 Å². The number of anilines is 2. The molecule has 1 heterocycles. The van der Waals surface area contributed by atoms with Crippen molar-refractivity contribution >= 4 is 44.1 Å². The zero-order valence-corrected chi connectivity index (χ0v) is 16.8. The third-order valence-corrected chi connectivity index (χ3v) is 6.54. The minimum absolute atomic E-state index is 0.135. The molecule has 3 rings (SSSR count). The molecule has 0 saturated heterocycles. The van der Waals surface area contributed by atoms with Gasteiger partial charge in [-0.15, -0.1) is 0 Å². The number of benzene rings is 2. The summed E-state index contributed by atoms with van der Waals surface area (Å²) in [6.45, 7) is 1.67. The second kappa shape index (κ2) is 8.21. The molecule has 0 spiro atoms. The lowest BCUT2D eigenvalue weighted by Crippen LogP contribution is -2.24.